The maximum atomic E-state index is 5.44. The van der Waals surface area contributed by atoms with Crippen LogP contribution in [0.5, 0.6) is 5.75 Å². The van der Waals surface area contributed by atoms with E-state index >= 15 is 0 Å². The molecule has 0 aliphatic heterocycles. The van der Waals surface area contributed by atoms with E-state index in [2.05, 4.69) is 17.1 Å². The van der Waals surface area contributed by atoms with Gasteiger partial charge >= 0.3 is 0 Å². The van der Waals surface area contributed by atoms with Gasteiger partial charge in [-0.05, 0) is 36.2 Å². The van der Waals surface area contributed by atoms with Crippen molar-refractivity contribution in [3.8, 4) is 5.75 Å². The number of benzene rings is 1. The van der Waals surface area contributed by atoms with Crippen LogP contribution >= 0.6 is 0 Å². The molecule has 0 radical (unpaired) electrons. The average Bonchev–Trinajstić information content (AvgIpc) is 2.27. The molecule has 0 bridgehead atoms. The summed E-state index contributed by atoms with van der Waals surface area (Å²) in [6.45, 7) is 2.79. The van der Waals surface area contributed by atoms with E-state index in [4.69, 9.17) is 16.2 Å². The Hall–Kier alpha value is -2.04. The third-order valence-electron chi connectivity index (χ3n) is 1.73. The predicted molar refractivity (Wildman–Crippen MR) is 65.6 cm³/mol. The van der Waals surface area contributed by atoms with Gasteiger partial charge < -0.3 is 16.2 Å². The van der Waals surface area contributed by atoms with Crippen molar-refractivity contribution < 1.29 is 4.74 Å². The van der Waals surface area contributed by atoms with Crippen LogP contribution in [0.3, 0.4) is 0 Å². The second kappa shape index (κ2) is 6.44. The lowest BCUT2D eigenvalue weighted by molar-refractivity contribution is 0.317. The van der Waals surface area contributed by atoms with Gasteiger partial charge in [-0.15, -0.1) is 5.10 Å². The van der Waals surface area contributed by atoms with Crippen LogP contribution in [-0.2, 0) is 0 Å². The molecule has 0 unspecified atom stereocenters. The Morgan fingerprint density at radius 2 is 2.00 bits per heavy atom. The maximum Gasteiger partial charge on any atom is 0.211 e. The van der Waals surface area contributed by atoms with Crippen LogP contribution in [-0.4, -0.2) is 18.8 Å². The van der Waals surface area contributed by atoms with Gasteiger partial charge in [0, 0.05) is 0 Å². The topological polar surface area (TPSA) is 86.0 Å². The van der Waals surface area contributed by atoms with E-state index < -0.39 is 0 Å². The molecule has 0 amide bonds. The molecular formula is C11H16N4O. The SMILES string of the molecule is CCCOc1ccc(/C=N\N=C(N)N)cc1. The molecule has 0 aliphatic carbocycles. The van der Waals surface area contributed by atoms with Crippen LogP contribution in [0.1, 0.15) is 18.9 Å². The molecule has 5 nitrogen and oxygen atoms in total. The van der Waals surface area contributed by atoms with Gasteiger partial charge in [0.2, 0.25) is 5.96 Å². The van der Waals surface area contributed by atoms with Gasteiger partial charge in [-0.2, -0.15) is 5.10 Å². The van der Waals surface area contributed by atoms with Crippen LogP contribution in [0.15, 0.2) is 34.5 Å². The summed E-state index contributed by atoms with van der Waals surface area (Å²) in [5.41, 5.74) is 11.2. The number of rotatable bonds is 5. The maximum absolute atomic E-state index is 5.44. The lowest BCUT2D eigenvalue weighted by Gasteiger charge is -2.03. The van der Waals surface area contributed by atoms with E-state index in [9.17, 15) is 0 Å². The molecule has 1 aromatic rings. The van der Waals surface area contributed by atoms with Crippen LogP contribution in [0, 0.1) is 0 Å². The number of guanidine groups is 1. The Labute approximate surface area is 94.8 Å². The van der Waals surface area contributed by atoms with Crippen molar-refractivity contribution in [3.05, 3.63) is 29.8 Å². The van der Waals surface area contributed by atoms with E-state index in [0.29, 0.717) is 0 Å². The molecule has 1 aromatic carbocycles. The van der Waals surface area contributed by atoms with E-state index in [0.717, 1.165) is 24.3 Å². The number of hydrogen-bond acceptors (Lipinski definition) is 3. The molecule has 0 saturated heterocycles. The summed E-state index contributed by atoms with van der Waals surface area (Å²) in [4.78, 5) is 0. The van der Waals surface area contributed by atoms with Gasteiger partial charge in [0.05, 0.1) is 12.8 Å². The van der Waals surface area contributed by atoms with E-state index in [-0.39, 0.29) is 5.96 Å². The van der Waals surface area contributed by atoms with Crippen molar-refractivity contribution in [2.75, 3.05) is 6.61 Å². The lowest BCUT2D eigenvalue weighted by atomic mass is 10.2. The first-order valence-corrected chi connectivity index (χ1v) is 5.07. The average molecular weight is 220 g/mol. The molecule has 0 fully saturated rings. The molecule has 0 aliphatic rings. The third kappa shape index (κ3) is 4.45. The van der Waals surface area contributed by atoms with Crippen LogP contribution < -0.4 is 16.2 Å². The van der Waals surface area contributed by atoms with Crippen LogP contribution in [0.4, 0.5) is 0 Å². The highest BCUT2D eigenvalue weighted by molar-refractivity contribution is 5.81. The quantitative estimate of drug-likeness (QED) is 0.442. The molecule has 0 atom stereocenters. The van der Waals surface area contributed by atoms with Gasteiger partial charge in [0.15, 0.2) is 0 Å². The van der Waals surface area contributed by atoms with Gasteiger partial charge in [0.1, 0.15) is 5.75 Å². The monoisotopic (exact) mass is 220 g/mol. The zero-order chi connectivity index (χ0) is 11.8. The van der Waals surface area contributed by atoms with Crippen molar-refractivity contribution in [2.45, 2.75) is 13.3 Å². The summed E-state index contributed by atoms with van der Waals surface area (Å²) in [5.74, 6) is 0.792. The summed E-state index contributed by atoms with van der Waals surface area (Å²) in [6, 6.07) is 7.53. The number of nitrogens with two attached hydrogens (primary N) is 2. The summed E-state index contributed by atoms with van der Waals surface area (Å²) in [7, 11) is 0. The fraction of sp³-hybridized carbons (Fsp3) is 0.273. The van der Waals surface area contributed by atoms with Gasteiger partial charge in [-0.1, -0.05) is 6.92 Å². The molecule has 0 aromatic heterocycles. The summed E-state index contributed by atoms with van der Waals surface area (Å²) < 4.78 is 5.44. The summed E-state index contributed by atoms with van der Waals surface area (Å²) in [6.07, 6.45) is 2.57. The van der Waals surface area contributed by atoms with E-state index in [1.54, 1.807) is 6.21 Å². The first kappa shape index (κ1) is 12.0. The highest BCUT2D eigenvalue weighted by Crippen LogP contribution is 2.11. The molecule has 1 rings (SSSR count). The lowest BCUT2D eigenvalue weighted by Crippen LogP contribution is -2.21. The number of nitrogens with zero attached hydrogens (tertiary/aromatic N) is 2. The number of ether oxygens (including phenoxy) is 1. The minimum Gasteiger partial charge on any atom is -0.494 e. The smallest absolute Gasteiger partial charge is 0.211 e. The van der Waals surface area contributed by atoms with Crippen LogP contribution in [0.2, 0.25) is 0 Å². The number of hydrogen-bond donors (Lipinski definition) is 2. The first-order chi connectivity index (χ1) is 7.72. The van der Waals surface area contributed by atoms with E-state index in [1.807, 2.05) is 24.3 Å². The fourth-order valence-corrected chi connectivity index (χ4v) is 1.03. The standard InChI is InChI=1S/C11H16N4O/c1-2-7-16-10-5-3-9(4-6-10)8-14-15-11(12)13/h3-6,8H,2,7H2,1H3,(H4,12,13,15)/b14-8-. The molecule has 4 N–H and O–H groups in total. The van der Waals surface area contributed by atoms with Crippen molar-refractivity contribution in [1.82, 2.24) is 0 Å². The van der Waals surface area contributed by atoms with Crippen LogP contribution in [0.25, 0.3) is 0 Å². The van der Waals surface area contributed by atoms with Crippen molar-refractivity contribution >= 4 is 12.2 Å². The first-order valence-electron chi connectivity index (χ1n) is 5.07. The summed E-state index contributed by atoms with van der Waals surface area (Å²) >= 11 is 0. The molecule has 86 valence electrons. The molecule has 0 spiro atoms. The molecule has 0 heterocycles. The Bertz CT molecular complexity index is 366. The Balaban J connectivity index is 2.57. The van der Waals surface area contributed by atoms with Gasteiger partial charge in [-0.25, -0.2) is 0 Å². The molecule has 16 heavy (non-hydrogen) atoms. The zero-order valence-corrected chi connectivity index (χ0v) is 9.26. The minimum atomic E-state index is -0.0563. The summed E-state index contributed by atoms with van der Waals surface area (Å²) in [5, 5.41) is 7.21. The molecule has 0 saturated carbocycles. The third-order valence-corrected chi connectivity index (χ3v) is 1.73. The van der Waals surface area contributed by atoms with Crippen molar-refractivity contribution in [3.63, 3.8) is 0 Å². The minimum absolute atomic E-state index is 0.0563. The second-order valence-corrected chi connectivity index (χ2v) is 3.19. The Kier molecular flexibility index (Phi) is 4.85. The highest BCUT2D eigenvalue weighted by atomic mass is 16.5. The zero-order valence-electron chi connectivity index (χ0n) is 9.26. The normalized spacial score (nSPS) is 10.3. The Morgan fingerprint density at radius 3 is 2.56 bits per heavy atom. The van der Waals surface area contributed by atoms with Crippen molar-refractivity contribution in [1.29, 1.82) is 0 Å². The van der Waals surface area contributed by atoms with E-state index in [1.165, 1.54) is 0 Å². The fourth-order valence-electron chi connectivity index (χ4n) is 1.03. The Morgan fingerprint density at radius 1 is 1.31 bits per heavy atom. The van der Waals surface area contributed by atoms with Crippen molar-refractivity contribution in [2.24, 2.45) is 21.7 Å². The highest BCUT2D eigenvalue weighted by Gasteiger charge is 1.92. The largest absolute Gasteiger partial charge is 0.494 e. The molecule has 5 heteroatoms. The molecular weight excluding hydrogens is 204 g/mol. The van der Waals surface area contributed by atoms with Gasteiger partial charge in [0.25, 0.3) is 0 Å². The second-order valence-electron chi connectivity index (χ2n) is 3.19. The predicted octanol–water partition coefficient (Wildman–Crippen LogP) is 1.08. The van der Waals surface area contributed by atoms with Gasteiger partial charge in [-0.3, -0.25) is 0 Å².